The second-order valence-corrected chi connectivity index (χ2v) is 6.40. The number of hydrogen-bond donors (Lipinski definition) is 1. The van der Waals surface area contributed by atoms with Crippen molar-refractivity contribution < 1.29 is 0 Å². The van der Waals surface area contributed by atoms with Crippen LogP contribution in [0.4, 0.5) is 0 Å². The Hall–Kier alpha value is -1.03. The Balaban J connectivity index is 2.05. The highest BCUT2D eigenvalue weighted by Crippen LogP contribution is 2.27. The van der Waals surface area contributed by atoms with Crippen LogP contribution in [0.5, 0.6) is 0 Å². The molecule has 106 valence electrons. The van der Waals surface area contributed by atoms with Gasteiger partial charge in [-0.05, 0) is 43.0 Å². The van der Waals surface area contributed by atoms with Crippen molar-refractivity contribution in [2.45, 2.75) is 37.1 Å². The zero-order valence-electron chi connectivity index (χ0n) is 11.8. The average molecular weight is 307 g/mol. The van der Waals surface area contributed by atoms with Crippen LogP contribution in [0.15, 0.2) is 41.6 Å². The predicted octanol–water partition coefficient (Wildman–Crippen LogP) is 4.23. The van der Waals surface area contributed by atoms with Crippen molar-refractivity contribution in [3.8, 4) is 0 Å². The van der Waals surface area contributed by atoms with Crippen molar-refractivity contribution in [2.24, 2.45) is 5.73 Å². The summed E-state index contributed by atoms with van der Waals surface area (Å²) in [5, 5.41) is 1.87. The molecule has 0 aliphatic carbocycles. The molecule has 0 radical (unpaired) electrons. The van der Waals surface area contributed by atoms with Crippen molar-refractivity contribution in [2.75, 3.05) is 0 Å². The van der Waals surface area contributed by atoms with Gasteiger partial charge in [-0.25, -0.2) is 4.98 Å². The third-order valence-corrected chi connectivity index (χ3v) is 4.49. The van der Waals surface area contributed by atoms with Crippen LogP contribution in [-0.2, 0) is 12.2 Å². The molecule has 1 atom stereocenters. The minimum absolute atomic E-state index is 0.165. The molecule has 0 bridgehead atoms. The number of nitrogens with two attached hydrogens (primary N) is 1. The molecule has 0 saturated heterocycles. The van der Waals surface area contributed by atoms with Crippen LogP contribution in [0.1, 0.15) is 23.6 Å². The van der Waals surface area contributed by atoms with Crippen LogP contribution >= 0.6 is 23.4 Å². The van der Waals surface area contributed by atoms with Gasteiger partial charge in [-0.3, -0.25) is 0 Å². The first-order valence-corrected chi connectivity index (χ1v) is 8.00. The number of rotatable bonds is 5. The molecular formula is C16H19ClN2S. The molecule has 1 aromatic heterocycles. The summed E-state index contributed by atoms with van der Waals surface area (Å²) >= 11 is 7.88. The summed E-state index contributed by atoms with van der Waals surface area (Å²) in [6.45, 7) is 4.10. The van der Waals surface area contributed by atoms with E-state index in [2.05, 4.69) is 24.0 Å². The molecule has 0 saturated carbocycles. The smallest absolute Gasteiger partial charge is 0.0992 e. The Morgan fingerprint density at radius 1 is 1.35 bits per heavy atom. The van der Waals surface area contributed by atoms with Crippen molar-refractivity contribution in [3.05, 3.63) is 58.2 Å². The lowest BCUT2D eigenvalue weighted by atomic mass is 10.1. The van der Waals surface area contributed by atoms with Gasteiger partial charge in [-0.15, -0.1) is 11.8 Å². The fourth-order valence-corrected chi connectivity index (χ4v) is 3.26. The topological polar surface area (TPSA) is 38.9 Å². The van der Waals surface area contributed by atoms with Gasteiger partial charge in [0.25, 0.3) is 0 Å². The van der Waals surface area contributed by atoms with E-state index in [1.807, 2.05) is 31.3 Å². The van der Waals surface area contributed by atoms with Crippen molar-refractivity contribution in [3.63, 3.8) is 0 Å². The van der Waals surface area contributed by atoms with Gasteiger partial charge in [-0.1, -0.05) is 35.9 Å². The van der Waals surface area contributed by atoms with E-state index in [1.165, 1.54) is 11.1 Å². The third-order valence-electron chi connectivity index (χ3n) is 2.97. The van der Waals surface area contributed by atoms with Crippen LogP contribution in [0.2, 0.25) is 5.02 Å². The Morgan fingerprint density at radius 2 is 2.10 bits per heavy atom. The maximum atomic E-state index is 6.17. The number of nitrogens with zero attached hydrogens (tertiary/aromatic N) is 1. The third kappa shape index (κ3) is 4.23. The lowest BCUT2D eigenvalue weighted by Gasteiger charge is -2.09. The zero-order valence-corrected chi connectivity index (χ0v) is 13.3. The number of thioether (sulfide) groups is 1. The SMILES string of the molecule is Cc1cc(CC(C)N)cnc1SCc1ccccc1Cl. The number of hydrogen-bond acceptors (Lipinski definition) is 3. The van der Waals surface area contributed by atoms with E-state index in [0.717, 1.165) is 27.8 Å². The molecule has 0 fully saturated rings. The van der Waals surface area contributed by atoms with Crippen molar-refractivity contribution in [1.29, 1.82) is 0 Å². The van der Waals surface area contributed by atoms with E-state index < -0.39 is 0 Å². The molecule has 0 spiro atoms. The van der Waals surface area contributed by atoms with Crippen LogP contribution in [0.3, 0.4) is 0 Å². The maximum absolute atomic E-state index is 6.17. The predicted molar refractivity (Wildman–Crippen MR) is 87.3 cm³/mol. The van der Waals surface area contributed by atoms with Gasteiger partial charge in [0.1, 0.15) is 0 Å². The molecule has 2 rings (SSSR count). The summed E-state index contributed by atoms with van der Waals surface area (Å²) in [6.07, 6.45) is 2.79. The van der Waals surface area contributed by atoms with E-state index in [-0.39, 0.29) is 6.04 Å². The number of benzene rings is 1. The first-order valence-electron chi connectivity index (χ1n) is 6.63. The molecular weight excluding hydrogens is 288 g/mol. The van der Waals surface area contributed by atoms with Crippen molar-refractivity contribution in [1.82, 2.24) is 4.98 Å². The van der Waals surface area contributed by atoms with Crippen molar-refractivity contribution >= 4 is 23.4 Å². The number of aromatic nitrogens is 1. The van der Waals surface area contributed by atoms with Crippen LogP contribution in [0, 0.1) is 6.92 Å². The minimum Gasteiger partial charge on any atom is -0.328 e. The van der Waals surface area contributed by atoms with Crippen LogP contribution < -0.4 is 5.73 Å². The quantitative estimate of drug-likeness (QED) is 0.840. The van der Waals surface area contributed by atoms with Gasteiger partial charge >= 0.3 is 0 Å². The fourth-order valence-electron chi connectivity index (χ4n) is 2.02. The summed E-state index contributed by atoms with van der Waals surface area (Å²) in [6, 6.07) is 10.3. The molecule has 0 aliphatic rings. The molecule has 1 unspecified atom stereocenters. The largest absolute Gasteiger partial charge is 0.328 e. The van der Waals surface area contributed by atoms with Crippen LogP contribution in [-0.4, -0.2) is 11.0 Å². The summed E-state index contributed by atoms with van der Waals surface area (Å²) in [7, 11) is 0. The monoisotopic (exact) mass is 306 g/mol. The van der Waals surface area contributed by atoms with E-state index in [0.29, 0.717) is 0 Å². The number of aryl methyl sites for hydroxylation is 1. The summed E-state index contributed by atoms with van der Waals surface area (Å²) in [5.74, 6) is 0.833. The molecule has 1 aromatic carbocycles. The molecule has 2 nitrogen and oxygen atoms in total. The minimum atomic E-state index is 0.165. The molecule has 4 heteroatoms. The summed E-state index contributed by atoms with van der Waals surface area (Å²) in [5.41, 5.74) is 9.34. The lowest BCUT2D eigenvalue weighted by Crippen LogP contribution is -2.17. The summed E-state index contributed by atoms with van der Waals surface area (Å²) in [4.78, 5) is 4.54. The van der Waals surface area contributed by atoms with E-state index in [9.17, 15) is 0 Å². The average Bonchev–Trinajstić information content (AvgIpc) is 2.39. The Bertz CT molecular complexity index is 584. The van der Waals surface area contributed by atoms with Gasteiger partial charge in [0, 0.05) is 23.0 Å². The zero-order chi connectivity index (χ0) is 14.5. The van der Waals surface area contributed by atoms with Gasteiger partial charge in [0.05, 0.1) is 5.03 Å². The van der Waals surface area contributed by atoms with Crippen LogP contribution in [0.25, 0.3) is 0 Å². The highest BCUT2D eigenvalue weighted by atomic mass is 35.5. The first kappa shape index (κ1) is 15.4. The van der Waals surface area contributed by atoms with E-state index >= 15 is 0 Å². The Labute approximate surface area is 129 Å². The molecule has 1 heterocycles. The normalized spacial score (nSPS) is 12.4. The molecule has 0 aliphatic heterocycles. The fraction of sp³-hybridized carbons (Fsp3) is 0.312. The highest BCUT2D eigenvalue weighted by molar-refractivity contribution is 7.98. The van der Waals surface area contributed by atoms with Gasteiger partial charge in [0.15, 0.2) is 0 Å². The lowest BCUT2D eigenvalue weighted by molar-refractivity contribution is 0.733. The van der Waals surface area contributed by atoms with Gasteiger partial charge < -0.3 is 5.73 Å². The first-order chi connectivity index (χ1) is 9.56. The second kappa shape index (κ2) is 7.11. The number of pyridine rings is 1. The molecule has 20 heavy (non-hydrogen) atoms. The highest BCUT2D eigenvalue weighted by Gasteiger charge is 2.06. The molecule has 2 N–H and O–H groups in total. The molecule has 0 amide bonds. The van der Waals surface area contributed by atoms with E-state index in [1.54, 1.807) is 11.8 Å². The Morgan fingerprint density at radius 3 is 2.75 bits per heavy atom. The van der Waals surface area contributed by atoms with E-state index in [4.69, 9.17) is 17.3 Å². The van der Waals surface area contributed by atoms with Gasteiger partial charge in [0.2, 0.25) is 0 Å². The standard InChI is InChI=1S/C16H19ClN2S/c1-11-7-13(8-12(2)18)9-19-16(11)20-10-14-5-3-4-6-15(14)17/h3-7,9,12H,8,10,18H2,1-2H3. The molecule has 2 aromatic rings. The maximum Gasteiger partial charge on any atom is 0.0992 e. The Kier molecular flexibility index (Phi) is 5.46. The van der Waals surface area contributed by atoms with Gasteiger partial charge in [-0.2, -0.15) is 0 Å². The number of halogens is 1. The summed E-state index contributed by atoms with van der Waals surface area (Å²) < 4.78 is 0. The second-order valence-electron chi connectivity index (χ2n) is 5.03.